The topological polar surface area (TPSA) is 69.3 Å². The van der Waals surface area contributed by atoms with Gasteiger partial charge in [-0.15, -0.1) is 0 Å². The maximum absolute atomic E-state index is 5.72. The van der Waals surface area contributed by atoms with E-state index in [1.807, 2.05) is 31.3 Å². The molecular weight excluding hydrogens is 216 g/mol. The number of hydrogen-bond donors (Lipinski definition) is 1. The van der Waals surface area contributed by atoms with Gasteiger partial charge in [-0.3, -0.25) is 0 Å². The first-order valence-corrected chi connectivity index (χ1v) is 5.40. The van der Waals surface area contributed by atoms with E-state index in [2.05, 4.69) is 10.1 Å². The first kappa shape index (κ1) is 10.0. The molecule has 0 aliphatic carbocycles. The highest BCUT2D eigenvalue weighted by Gasteiger charge is 2.13. The summed E-state index contributed by atoms with van der Waals surface area (Å²) in [6, 6.07) is 5.67. The van der Waals surface area contributed by atoms with Gasteiger partial charge < -0.3 is 10.2 Å². The van der Waals surface area contributed by atoms with Crippen LogP contribution in [0.25, 0.3) is 16.8 Å². The van der Waals surface area contributed by atoms with E-state index in [4.69, 9.17) is 10.2 Å². The van der Waals surface area contributed by atoms with E-state index in [9.17, 15) is 0 Å². The molecule has 0 amide bonds. The summed E-state index contributed by atoms with van der Waals surface area (Å²) in [5.74, 6) is 1.23. The SMILES string of the molecule is CC(N)c1ncc(-c2cnn3ccccc23)o1. The predicted octanol–water partition coefficient (Wildman–Crippen LogP) is 2.01. The summed E-state index contributed by atoms with van der Waals surface area (Å²) in [5.41, 5.74) is 7.62. The molecule has 0 bridgehead atoms. The van der Waals surface area contributed by atoms with Gasteiger partial charge in [0.2, 0.25) is 5.89 Å². The molecule has 1 atom stereocenters. The molecule has 2 N–H and O–H groups in total. The summed E-state index contributed by atoms with van der Waals surface area (Å²) in [7, 11) is 0. The Hall–Kier alpha value is -2.14. The number of nitrogens with two attached hydrogens (primary N) is 1. The third-order valence-electron chi connectivity index (χ3n) is 2.61. The number of nitrogens with zero attached hydrogens (tertiary/aromatic N) is 3. The monoisotopic (exact) mass is 228 g/mol. The van der Waals surface area contributed by atoms with Gasteiger partial charge in [-0.05, 0) is 19.1 Å². The molecule has 3 heterocycles. The largest absolute Gasteiger partial charge is 0.439 e. The summed E-state index contributed by atoms with van der Waals surface area (Å²) >= 11 is 0. The van der Waals surface area contributed by atoms with E-state index in [1.165, 1.54) is 0 Å². The summed E-state index contributed by atoms with van der Waals surface area (Å²) in [6.07, 6.45) is 5.34. The number of fused-ring (bicyclic) bond motifs is 1. The van der Waals surface area contributed by atoms with Gasteiger partial charge in [-0.25, -0.2) is 9.50 Å². The van der Waals surface area contributed by atoms with Gasteiger partial charge in [0.15, 0.2) is 5.76 Å². The molecule has 17 heavy (non-hydrogen) atoms. The number of hydrogen-bond acceptors (Lipinski definition) is 4. The van der Waals surface area contributed by atoms with Crippen molar-refractivity contribution >= 4 is 5.52 Å². The fourth-order valence-corrected chi connectivity index (χ4v) is 1.75. The molecule has 0 saturated carbocycles. The molecular formula is C12H12N4O. The number of aromatic nitrogens is 3. The molecule has 1 unspecified atom stereocenters. The molecule has 0 radical (unpaired) electrons. The minimum Gasteiger partial charge on any atom is -0.439 e. The predicted molar refractivity (Wildman–Crippen MR) is 63.3 cm³/mol. The Balaban J connectivity index is 2.14. The fourth-order valence-electron chi connectivity index (χ4n) is 1.75. The number of rotatable bonds is 2. The van der Waals surface area contributed by atoms with Crippen molar-refractivity contribution in [2.75, 3.05) is 0 Å². The number of pyridine rings is 1. The zero-order chi connectivity index (χ0) is 11.8. The zero-order valence-electron chi connectivity index (χ0n) is 9.37. The highest BCUT2D eigenvalue weighted by Crippen LogP contribution is 2.26. The van der Waals surface area contributed by atoms with Crippen LogP contribution in [0.5, 0.6) is 0 Å². The Bertz CT molecular complexity index is 653. The lowest BCUT2D eigenvalue weighted by atomic mass is 10.2. The maximum atomic E-state index is 5.72. The van der Waals surface area contributed by atoms with Crippen LogP contribution in [0.4, 0.5) is 0 Å². The minimum absolute atomic E-state index is 0.203. The maximum Gasteiger partial charge on any atom is 0.211 e. The number of oxazole rings is 1. The summed E-state index contributed by atoms with van der Waals surface area (Å²) in [4.78, 5) is 4.15. The van der Waals surface area contributed by atoms with E-state index in [0.717, 1.165) is 11.1 Å². The van der Waals surface area contributed by atoms with Gasteiger partial charge in [0.1, 0.15) is 0 Å². The highest BCUT2D eigenvalue weighted by atomic mass is 16.4. The quantitative estimate of drug-likeness (QED) is 0.728. The van der Waals surface area contributed by atoms with Gasteiger partial charge >= 0.3 is 0 Å². The molecule has 0 saturated heterocycles. The minimum atomic E-state index is -0.203. The molecule has 0 aromatic carbocycles. The molecule has 3 rings (SSSR count). The van der Waals surface area contributed by atoms with Crippen molar-refractivity contribution in [3.8, 4) is 11.3 Å². The van der Waals surface area contributed by atoms with E-state index >= 15 is 0 Å². The fraction of sp³-hybridized carbons (Fsp3) is 0.167. The van der Waals surface area contributed by atoms with E-state index in [-0.39, 0.29) is 6.04 Å². The average Bonchev–Trinajstić information content (AvgIpc) is 2.95. The van der Waals surface area contributed by atoms with Crippen LogP contribution in [-0.2, 0) is 0 Å². The molecule has 3 aromatic rings. The summed E-state index contributed by atoms with van der Waals surface area (Å²) in [5, 5.41) is 4.25. The first-order chi connectivity index (χ1) is 8.25. The average molecular weight is 228 g/mol. The lowest BCUT2D eigenvalue weighted by Crippen LogP contribution is -2.04. The second-order valence-electron chi connectivity index (χ2n) is 3.94. The molecule has 0 aliphatic rings. The summed E-state index contributed by atoms with van der Waals surface area (Å²) in [6.45, 7) is 1.84. The van der Waals surface area contributed by atoms with Crippen molar-refractivity contribution in [1.82, 2.24) is 14.6 Å². The van der Waals surface area contributed by atoms with Crippen LogP contribution in [0.3, 0.4) is 0 Å². The van der Waals surface area contributed by atoms with Crippen molar-refractivity contribution in [3.05, 3.63) is 42.7 Å². The van der Waals surface area contributed by atoms with Crippen molar-refractivity contribution in [2.45, 2.75) is 13.0 Å². The van der Waals surface area contributed by atoms with Crippen molar-refractivity contribution in [2.24, 2.45) is 5.73 Å². The van der Waals surface area contributed by atoms with Gasteiger partial charge in [-0.1, -0.05) is 6.07 Å². The lowest BCUT2D eigenvalue weighted by Gasteiger charge is -1.97. The van der Waals surface area contributed by atoms with E-state index in [1.54, 1.807) is 16.9 Å². The van der Waals surface area contributed by atoms with Crippen LogP contribution in [0.15, 0.2) is 41.2 Å². The van der Waals surface area contributed by atoms with Crippen LogP contribution in [0.2, 0.25) is 0 Å². The highest BCUT2D eigenvalue weighted by molar-refractivity contribution is 5.76. The molecule has 5 nitrogen and oxygen atoms in total. The van der Waals surface area contributed by atoms with Crippen molar-refractivity contribution in [3.63, 3.8) is 0 Å². The summed E-state index contributed by atoms with van der Waals surface area (Å²) < 4.78 is 7.40. The van der Waals surface area contributed by atoms with Gasteiger partial charge in [0.05, 0.1) is 29.5 Å². The third kappa shape index (κ3) is 1.60. The molecule has 0 aliphatic heterocycles. The molecule has 0 spiro atoms. The molecule has 5 heteroatoms. The Kier molecular flexibility index (Phi) is 2.19. The lowest BCUT2D eigenvalue weighted by molar-refractivity contribution is 0.474. The van der Waals surface area contributed by atoms with Crippen LogP contribution < -0.4 is 5.73 Å². The van der Waals surface area contributed by atoms with Gasteiger partial charge in [0, 0.05) is 6.20 Å². The smallest absolute Gasteiger partial charge is 0.211 e. The van der Waals surface area contributed by atoms with Crippen LogP contribution in [0.1, 0.15) is 18.9 Å². The first-order valence-electron chi connectivity index (χ1n) is 5.40. The van der Waals surface area contributed by atoms with Crippen molar-refractivity contribution in [1.29, 1.82) is 0 Å². The Labute approximate surface area is 97.9 Å². The normalized spacial score (nSPS) is 13.1. The second kappa shape index (κ2) is 3.71. The van der Waals surface area contributed by atoms with Crippen LogP contribution in [0, 0.1) is 0 Å². The molecule has 0 fully saturated rings. The zero-order valence-corrected chi connectivity index (χ0v) is 9.37. The van der Waals surface area contributed by atoms with Crippen LogP contribution >= 0.6 is 0 Å². The van der Waals surface area contributed by atoms with Crippen molar-refractivity contribution < 1.29 is 4.42 Å². The molecule has 3 aromatic heterocycles. The second-order valence-corrected chi connectivity index (χ2v) is 3.94. The standard InChI is InChI=1S/C12H12N4O/c1-8(13)12-14-7-11(17-12)9-6-15-16-5-3-2-4-10(9)16/h2-8H,13H2,1H3. The Morgan fingerprint density at radius 1 is 1.35 bits per heavy atom. The van der Waals surface area contributed by atoms with Gasteiger partial charge in [-0.2, -0.15) is 5.10 Å². The Morgan fingerprint density at radius 2 is 2.24 bits per heavy atom. The van der Waals surface area contributed by atoms with E-state index in [0.29, 0.717) is 11.7 Å². The Morgan fingerprint density at radius 3 is 3.00 bits per heavy atom. The van der Waals surface area contributed by atoms with Crippen LogP contribution in [-0.4, -0.2) is 14.6 Å². The molecule has 86 valence electrons. The van der Waals surface area contributed by atoms with E-state index < -0.39 is 0 Å². The van der Waals surface area contributed by atoms with Gasteiger partial charge in [0.25, 0.3) is 0 Å². The third-order valence-corrected chi connectivity index (χ3v) is 2.61.